The lowest BCUT2D eigenvalue weighted by molar-refractivity contribution is 0.0523. The molecule has 0 fully saturated rings. The molecule has 1 aromatic carbocycles. The number of alkyl carbamates (subject to hydrolysis) is 1. The summed E-state index contributed by atoms with van der Waals surface area (Å²) in [5, 5.41) is 13.6. The highest BCUT2D eigenvalue weighted by Crippen LogP contribution is 2.12. The number of benzene rings is 1. The zero-order chi connectivity index (χ0) is 16.0. The molecule has 1 rings (SSSR count). The summed E-state index contributed by atoms with van der Waals surface area (Å²) in [5.74, 6) is 0. The van der Waals surface area contributed by atoms with Crippen LogP contribution in [-0.4, -0.2) is 22.9 Å². The van der Waals surface area contributed by atoms with Crippen LogP contribution in [0.4, 0.5) is 9.59 Å². The number of rotatable bonds is 4. The van der Waals surface area contributed by atoms with E-state index in [-0.39, 0.29) is 6.54 Å². The average Bonchev–Trinajstić information content (AvgIpc) is 2.33. The van der Waals surface area contributed by atoms with Gasteiger partial charge in [-0.1, -0.05) is 18.2 Å². The van der Waals surface area contributed by atoms with E-state index in [0.29, 0.717) is 6.54 Å². The molecule has 0 aliphatic rings. The molecule has 0 heterocycles. The van der Waals surface area contributed by atoms with Crippen LogP contribution >= 0.6 is 0 Å². The maximum absolute atomic E-state index is 11.6. The van der Waals surface area contributed by atoms with E-state index in [1.807, 2.05) is 25.1 Å². The number of carboxylic acid groups (broad SMARTS) is 1. The Labute approximate surface area is 124 Å². The van der Waals surface area contributed by atoms with E-state index in [0.717, 1.165) is 16.7 Å². The van der Waals surface area contributed by atoms with E-state index >= 15 is 0 Å². The molecule has 6 nitrogen and oxygen atoms in total. The molecule has 0 spiro atoms. The summed E-state index contributed by atoms with van der Waals surface area (Å²) < 4.78 is 5.15. The highest BCUT2D eigenvalue weighted by Gasteiger charge is 2.15. The number of aryl methyl sites for hydroxylation is 1. The first kappa shape index (κ1) is 16.8. The van der Waals surface area contributed by atoms with Crippen molar-refractivity contribution in [1.29, 1.82) is 0 Å². The average molecular weight is 294 g/mol. The van der Waals surface area contributed by atoms with E-state index in [1.165, 1.54) is 0 Å². The predicted octanol–water partition coefficient (Wildman–Crippen LogP) is 2.79. The lowest BCUT2D eigenvalue weighted by atomic mass is 10.1. The van der Waals surface area contributed by atoms with Crippen molar-refractivity contribution >= 4 is 12.2 Å². The number of ether oxygens (including phenoxy) is 1. The maximum atomic E-state index is 11.6. The lowest BCUT2D eigenvalue weighted by Gasteiger charge is -2.19. The van der Waals surface area contributed by atoms with E-state index in [1.54, 1.807) is 20.8 Å². The fourth-order valence-corrected chi connectivity index (χ4v) is 1.73. The molecule has 6 heteroatoms. The van der Waals surface area contributed by atoms with Gasteiger partial charge in [-0.05, 0) is 44.4 Å². The van der Waals surface area contributed by atoms with E-state index in [2.05, 4.69) is 10.6 Å². The third-order valence-corrected chi connectivity index (χ3v) is 2.67. The smallest absolute Gasteiger partial charge is 0.407 e. The van der Waals surface area contributed by atoms with Gasteiger partial charge in [-0.3, -0.25) is 0 Å². The molecule has 0 aromatic heterocycles. The summed E-state index contributed by atoms with van der Waals surface area (Å²) in [7, 11) is 0. The normalized spacial score (nSPS) is 10.9. The third-order valence-electron chi connectivity index (χ3n) is 2.67. The van der Waals surface area contributed by atoms with Gasteiger partial charge in [0.15, 0.2) is 0 Å². The van der Waals surface area contributed by atoms with Gasteiger partial charge in [-0.2, -0.15) is 0 Å². The Balaban J connectivity index is 2.56. The molecule has 0 aliphatic carbocycles. The molecule has 2 amide bonds. The SMILES string of the molecule is Cc1cc(CNC(=O)OC(C)(C)C)ccc1CNC(=O)O. The fraction of sp³-hybridized carbons (Fsp3) is 0.467. The van der Waals surface area contributed by atoms with Gasteiger partial charge >= 0.3 is 12.2 Å². The van der Waals surface area contributed by atoms with Crippen molar-refractivity contribution in [3.05, 3.63) is 34.9 Å². The van der Waals surface area contributed by atoms with Crippen LogP contribution < -0.4 is 10.6 Å². The third kappa shape index (κ3) is 6.65. The first-order chi connectivity index (χ1) is 9.67. The molecule has 3 N–H and O–H groups in total. The highest BCUT2D eigenvalue weighted by atomic mass is 16.6. The summed E-state index contributed by atoms with van der Waals surface area (Å²) >= 11 is 0. The van der Waals surface area contributed by atoms with Gasteiger partial charge in [0.25, 0.3) is 0 Å². The Kier molecular flexibility index (Phi) is 5.58. The first-order valence-corrected chi connectivity index (χ1v) is 6.69. The Morgan fingerprint density at radius 1 is 1.19 bits per heavy atom. The Bertz CT molecular complexity index is 521. The number of amides is 2. The zero-order valence-electron chi connectivity index (χ0n) is 12.8. The Morgan fingerprint density at radius 3 is 2.38 bits per heavy atom. The monoisotopic (exact) mass is 294 g/mol. The number of nitrogens with one attached hydrogen (secondary N) is 2. The second-order valence-electron chi connectivity index (χ2n) is 5.77. The number of hydrogen-bond acceptors (Lipinski definition) is 3. The Morgan fingerprint density at radius 2 is 1.86 bits per heavy atom. The van der Waals surface area contributed by atoms with Crippen LogP contribution in [0.1, 0.15) is 37.5 Å². The minimum Gasteiger partial charge on any atom is -0.465 e. The zero-order valence-corrected chi connectivity index (χ0v) is 12.8. The second kappa shape index (κ2) is 6.97. The van der Waals surface area contributed by atoms with Crippen molar-refractivity contribution < 1.29 is 19.4 Å². The van der Waals surface area contributed by atoms with Crippen LogP contribution in [0.25, 0.3) is 0 Å². The van der Waals surface area contributed by atoms with Crippen LogP contribution in [0, 0.1) is 6.92 Å². The number of hydrogen-bond donors (Lipinski definition) is 3. The van der Waals surface area contributed by atoms with Crippen molar-refractivity contribution in [2.24, 2.45) is 0 Å². The van der Waals surface area contributed by atoms with Crippen LogP contribution in [0.15, 0.2) is 18.2 Å². The predicted molar refractivity (Wildman–Crippen MR) is 79.1 cm³/mol. The van der Waals surface area contributed by atoms with Gasteiger partial charge < -0.3 is 20.5 Å². The standard InChI is InChI=1S/C15H22N2O4/c1-10-7-11(5-6-12(10)9-16-13(18)19)8-17-14(20)21-15(2,3)4/h5-7,16H,8-9H2,1-4H3,(H,17,20)(H,18,19). The number of carbonyl (C=O) groups excluding carboxylic acids is 1. The van der Waals surface area contributed by atoms with Gasteiger partial charge in [-0.25, -0.2) is 9.59 Å². The van der Waals surface area contributed by atoms with Crippen molar-refractivity contribution in [2.75, 3.05) is 0 Å². The van der Waals surface area contributed by atoms with Crippen LogP contribution in [0.5, 0.6) is 0 Å². The molecule has 0 aliphatic heterocycles. The maximum Gasteiger partial charge on any atom is 0.407 e. The van der Waals surface area contributed by atoms with Crippen LogP contribution in [-0.2, 0) is 17.8 Å². The van der Waals surface area contributed by atoms with Gasteiger partial charge in [0.05, 0.1) is 0 Å². The molecule has 1 aromatic rings. The molecular weight excluding hydrogens is 272 g/mol. The molecule has 0 saturated heterocycles. The summed E-state index contributed by atoms with van der Waals surface area (Å²) in [6, 6.07) is 5.61. The van der Waals surface area contributed by atoms with E-state index in [9.17, 15) is 9.59 Å². The van der Waals surface area contributed by atoms with Gasteiger partial charge in [0.2, 0.25) is 0 Å². The first-order valence-electron chi connectivity index (χ1n) is 6.69. The van der Waals surface area contributed by atoms with E-state index in [4.69, 9.17) is 9.84 Å². The molecule has 0 unspecified atom stereocenters. The van der Waals surface area contributed by atoms with Crippen molar-refractivity contribution in [2.45, 2.75) is 46.4 Å². The molecule has 0 bridgehead atoms. The van der Waals surface area contributed by atoms with E-state index < -0.39 is 17.8 Å². The largest absolute Gasteiger partial charge is 0.465 e. The molecule has 116 valence electrons. The quantitative estimate of drug-likeness (QED) is 0.796. The summed E-state index contributed by atoms with van der Waals surface area (Å²) in [6.07, 6.45) is -1.51. The summed E-state index contributed by atoms with van der Waals surface area (Å²) in [6.45, 7) is 7.95. The lowest BCUT2D eigenvalue weighted by Crippen LogP contribution is -2.32. The minimum atomic E-state index is -1.05. The topological polar surface area (TPSA) is 87.7 Å². The molecule has 0 atom stereocenters. The summed E-state index contributed by atoms with van der Waals surface area (Å²) in [5.41, 5.74) is 2.27. The van der Waals surface area contributed by atoms with Crippen molar-refractivity contribution in [3.63, 3.8) is 0 Å². The fourth-order valence-electron chi connectivity index (χ4n) is 1.73. The molecule has 21 heavy (non-hydrogen) atoms. The van der Waals surface area contributed by atoms with Gasteiger partial charge in [0, 0.05) is 13.1 Å². The van der Waals surface area contributed by atoms with Crippen LogP contribution in [0.2, 0.25) is 0 Å². The Hall–Kier alpha value is -2.24. The van der Waals surface area contributed by atoms with Crippen molar-refractivity contribution in [3.8, 4) is 0 Å². The minimum absolute atomic E-state index is 0.265. The van der Waals surface area contributed by atoms with Crippen LogP contribution in [0.3, 0.4) is 0 Å². The summed E-state index contributed by atoms with van der Waals surface area (Å²) in [4.78, 5) is 22.0. The highest BCUT2D eigenvalue weighted by molar-refractivity contribution is 5.67. The van der Waals surface area contributed by atoms with Gasteiger partial charge in [0.1, 0.15) is 5.60 Å². The second-order valence-corrected chi connectivity index (χ2v) is 5.77. The molecular formula is C15H22N2O4. The molecule has 0 saturated carbocycles. The molecule has 0 radical (unpaired) electrons. The van der Waals surface area contributed by atoms with Crippen molar-refractivity contribution in [1.82, 2.24) is 10.6 Å². The number of carbonyl (C=O) groups is 2. The van der Waals surface area contributed by atoms with Gasteiger partial charge in [-0.15, -0.1) is 0 Å².